The van der Waals surface area contributed by atoms with Crippen molar-refractivity contribution >= 4 is 5.91 Å². The average Bonchev–Trinajstić information content (AvgIpc) is 3.52. The van der Waals surface area contributed by atoms with E-state index in [-0.39, 0.29) is 35.8 Å². The number of amides is 1. The molecule has 34 heavy (non-hydrogen) atoms. The van der Waals surface area contributed by atoms with Gasteiger partial charge >= 0.3 is 0 Å². The van der Waals surface area contributed by atoms with Crippen molar-refractivity contribution in [3.05, 3.63) is 78.4 Å². The molecule has 11 heteroatoms. The van der Waals surface area contributed by atoms with E-state index < -0.39 is 23.9 Å². The summed E-state index contributed by atoms with van der Waals surface area (Å²) >= 11 is 0. The number of aliphatic hydroxyl groups is 1. The number of nitrogens with zero attached hydrogens (tertiary/aromatic N) is 4. The van der Waals surface area contributed by atoms with Crippen molar-refractivity contribution < 1.29 is 23.4 Å². The fourth-order valence-electron chi connectivity index (χ4n) is 3.60. The van der Waals surface area contributed by atoms with Gasteiger partial charge in [-0.05, 0) is 48.0 Å². The van der Waals surface area contributed by atoms with Gasteiger partial charge < -0.3 is 15.2 Å². The first-order valence-corrected chi connectivity index (χ1v) is 10.4. The van der Waals surface area contributed by atoms with E-state index >= 15 is 0 Å². The molecule has 0 radical (unpaired) electrons. The van der Waals surface area contributed by atoms with Crippen LogP contribution < -0.4 is 5.32 Å². The maximum Gasteiger partial charge on any atom is 0.252 e. The molecule has 0 saturated heterocycles. The zero-order valence-corrected chi connectivity index (χ0v) is 18.2. The molecule has 0 unspecified atom stereocenters. The van der Waals surface area contributed by atoms with E-state index in [1.54, 1.807) is 18.2 Å². The van der Waals surface area contributed by atoms with E-state index in [9.17, 15) is 18.7 Å². The lowest BCUT2D eigenvalue weighted by molar-refractivity contribution is 0.0166. The second-order valence-corrected chi connectivity index (χ2v) is 7.49. The number of aromatic amines is 1. The molecule has 176 valence electrons. The number of nitrogens with one attached hydrogen (secondary N) is 2. The van der Waals surface area contributed by atoms with E-state index in [1.807, 2.05) is 0 Å². The molecule has 2 aromatic heterocycles. The van der Waals surface area contributed by atoms with Gasteiger partial charge in [0.15, 0.2) is 0 Å². The third kappa shape index (κ3) is 5.00. The van der Waals surface area contributed by atoms with Crippen LogP contribution in [-0.2, 0) is 11.3 Å². The van der Waals surface area contributed by atoms with Gasteiger partial charge in [0.05, 0.1) is 41.7 Å². The van der Waals surface area contributed by atoms with Gasteiger partial charge in [-0.3, -0.25) is 14.6 Å². The van der Waals surface area contributed by atoms with E-state index in [1.165, 1.54) is 54.8 Å². The maximum absolute atomic E-state index is 14.9. The summed E-state index contributed by atoms with van der Waals surface area (Å²) in [6.45, 7) is -0.181. The minimum atomic E-state index is -0.736. The minimum Gasteiger partial charge on any atom is -0.394 e. The molecule has 9 nitrogen and oxygen atoms in total. The molecule has 0 fully saturated rings. The molecule has 0 aliphatic carbocycles. The number of hydrogen-bond donors (Lipinski definition) is 3. The molecular weight excluding hydrogens is 446 g/mol. The van der Waals surface area contributed by atoms with Gasteiger partial charge in [0.25, 0.3) is 5.91 Å². The van der Waals surface area contributed by atoms with Crippen molar-refractivity contribution in [1.29, 1.82) is 0 Å². The molecular formula is C23H22F2N6O3. The molecule has 0 aliphatic rings. The number of benzene rings is 2. The van der Waals surface area contributed by atoms with Crippen LogP contribution in [0.5, 0.6) is 0 Å². The molecule has 2 aromatic carbocycles. The van der Waals surface area contributed by atoms with Crippen LogP contribution in [0, 0.1) is 11.6 Å². The Balaban J connectivity index is 1.64. The first kappa shape index (κ1) is 23.2. The highest BCUT2D eigenvalue weighted by molar-refractivity contribution is 6.01. The second-order valence-electron chi connectivity index (χ2n) is 7.49. The van der Waals surface area contributed by atoms with Gasteiger partial charge in [-0.2, -0.15) is 10.2 Å². The molecule has 0 spiro atoms. The summed E-state index contributed by atoms with van der Waals surface area (Å²) in [7, 11) is 1.41. The number of carbonyl (C=O) groups excluding carboxylic acids is 1. The Hall–Kier alpha value is -3.96. The molecule has 3 N–H and O–H groups in total. The van der Waals surface area contributed by atoms with Crippen molar-refractivity contribution in [3.8, 4) is 22.5 Å². The first-order chi connectivity index (χ1) is 16.5. The normalized spacial score (nSPS) is 12.9. The summed E-state index contributed by atoms with van der Waals surface area (Å²) in [6.07, 6.45) is 2.08. The molecule has 2 atom stereocenters. The quantitative estimate of drug-likeness (QED) is 0.347. The molecule has 0 bridgehead atoms. The summed E-state index contributed by atoms with van der Waals surface area (Å²) in [5, 5.41) is 23.5. The Bertz CT molecular complexity index is 1240. The van der Waals surface area contributed by atoms with Gasteiger partial charge in [0.1, 0.15) is 30.4 Å². The molecule has 0 aliphatic heterocycles. The van der Waals surface area contributed by atoms with E-state index in [0.29, 0.717) is 11.3 Å². The lowest BCUT2D eigenvalue weighted by Crippen LogP contribution is -2.48. The van der Waals surface area contributed by atoms with Crippen molar-refractivity contribution in [2.75, 3.05) is 13.7 Å². The Morgan fingerprint density at radius 1 is 1.24 bits per heavy atom. The number of aliphatic hydroxyl groups excluding tert-OH is 1. The molecule has 2 heterocycles. The van der Waals surface area contributed by atoms with Gasteiger partial charge in [0, 0.05) is 7.11 Å². The predicted molar refractivity (Wildman–Crippen MR) is 119 cm³/mol. The number of H-pyrrole nitrogens is 1. The number of aromatic nitrogens is 5. The van der Waals surface area contributed by atoms with Crippen LogP contribution in [0.1, 0.15) is 10.4 Å². The van der Waals surface area contributed by atoms with Gasteiger partial charge in [-0.15, -0.1) is 0 Å². The summed E-state index contributed by atoms with van der Waals surface area (Å²) in [6, 6.07) is 10.8. The van der Waals surface area contributed by atoms with Crippen LogP contribution in [0.25, 0.3) is 22.5 Å². The monoisotopic (exact) mass is 468 g/mol. The Labute approximate surface area is 193 Å². The maximum atomic E-state index is 14.9. The van der Waals surface area contributed by atoms with Crippen LogP contribution >= 0.6 is 0 Å². The van der Waals surface area contributed by atoms with Gasteiger partial charge in [-0.1, -0.05) is 6.07 Å². The average molecular weight is 468 g/mol. The Morgan fingerprint density at radius 2 is 2.03 bits per heavy atom. The Kier molecular flexibility index (Phi) is 7.04. The van der Waals surface area contributed by atoms with Crippen LogP contribution in [0.15, 0.2) is 61.2 Å². The number of hydrogen-bond acceptors (Lipinski definition) is 6. The number of halogens is 2. The van der Waals surface area contributed by atoms with E-state index in [2.05, 4.69) is 25.6 Å². The highest BCUT2D eigenvalue weighted by Gasteiger charge is 2.26. The van der Waals surface area contributed by atoms with Crippen molar-refractivity contribution in [2.24, 2.45) is 0 Å². The van der Waals surface area contributed by atoms with Crippen LogP contribution in [-0.4, -0.2) is 61.8 Å². The highest BCUT2D eigenvalue weighted by Crippen LogP contribution is 2.29. The first-order valence-electron chi connectivity index (χ1n) is 10.4. The standard InChI is InChI=1S/C23H22F2N6O3/c1-34-21(11-32)20(10-31-13-26-12-27-31)28-23(33)16-3-2-4-17(25)22(16)19-9-18(29-30-19)14-5-7-15(24)8-6-14/h2-9,12-13,20-21,32H,10-11H2,1H3,(H,28,33)(H,29,30)/t20-,21-/m1/s1. The zero-order valence-electron chi connectivity index (χ0n) is 18.2. The fraction of sp³-hybridized carbons (Fsp3) is 0.217. The lowest BCUT2D eigenvalue weighted by atomic mass is 10.0. The number of methoxy groups -OCH3 is 1. The molecule has 1 amide bonds. The van der Waals surface area contributed by atoms with E-state index in [0.717, 1.165) is 0 Å². The smallest absolute Gasteiger partial charge is 0.252 e. The Morgan fingerprint density at radius 3 is 2.71 bits per heavy atom. The van der Waals surface area contributed by atoms with E-state index in [4.69, 9.17) is 4.74 Å². The van der Waals surface area contributed by atoms with Crippen LogP contribution in [0.3, 0.4) is 0 Å². The zero-order chi connectivity index (χ0) is 24.1. The van der Waals surface area contributed by atoms with Crippen molar-refractivity contribution in [2.45, 2.75) is 18.7 Å². The van der Waals surface area contributed by atoms with Crippen molar-refractivity contribution in [1.82, 2.24) is 30.3 Å². The lowest BCUT2D eigenvalue weighted by Gasteiger charge is -2.25. The summed E-state index contributed by atoms with van der Waals surface area (Å²) < 4.78 is 35.0. The second kappa shape index (κ2) is 10.3. The molecule has 4 rings (SSSR count). The van der Waals surface area contributed by atoms with Gasteiger partial charge in [-0.25, -0.2) is 13.8 Å². The summed E-state index contributed by atoms with van der Waals surface area (Å²) in [4.78, 5) is 17.1. The number of carbonyl (C=O) groups is 1. The fourth-order valence-corrected chi connectivity index (χ4v) is 3.60. The van der Waals surface area contributed by atoms with Crippen LogP contribution in [0.4, 0.5) is 8.78 Å². The SMILES string of the molecule is CO[C@H](CO)[C@@H](Cn1cncn1)NC(=O)c1cccc(F)c1-c1cc(-c2ccc(F)cc2)[nH]n1. The largest absolute Gasteiger partial charge is 0.394 e. The molecule has 0 saturated carbocycles. The molecule has 4 aromatic rings. The summed E-state index contributed by atoms with van der Waals surface area (Å²) in [5.41, 5.74) is 1.45. The van der Waals surface area contributed by atoms with Gasteiger partial charge in [0.2, 0.25) is 0 Å². The topological polar surface area (TPSA) is 118 Å². The van der Waals surface area contributed by atoms with Crippen LogP contribution in [0.2, 0.25) is 0 Å². The van der Waals surface area contributed by atoms with Crippen molar-refractivity contribution in [3.63, 3.8) is 0 Å². The number of rotatable bonds is 9. The third-order valence-corrected chi connectivity index (χ3v) is 5.35. The number of ether oxygens (including phenoxy) is 1. The predicted octanol–water partition coefficient (Wildman–Crippen LogP) is 2.42. The summed E-state index contributed by atoms with van der Waals surface area (Å²) in [5.74, 6) is -1.60. The minimum absolute atomic E-state index is 0.00193. The third-order valence-electron chi connectivity index (χ3n) is 5.35. The highest BCUT2D eigenvalue weighted by atomic mass is 19.1.